The smallest absolute Gasteiger partial charge is 0.176 e. The van der Waals surface area contributed by atoms with Crippen molar-refractivity contribution in [3.05, 3.63) is 16.4 Å². The molecule has 1 rings (SSSR count). The van der Waals surface area contributed by atoms with Crippen molar-refractivity contribution in [3.8, 4) is 6.07 Å². The van der Waals surface area contributed by atoms with E-state index in [1.165, 1.54) is 0 Å². The zero-order valence-corrected chi connectivity index (χ0v) is 8.21. The minimum absolute atomic E-state index is 0.408. The predicted molar refractivity (Wildman–Crippen MR) is 46.5 cm³/mol. The van der Waals surface area contributed by atoms with Crippen molar-refractivity contribution in [2.24, 2.45) is 0 Å². The van der Waals surface area contributed by atoms with E-state index in [4.69, 9.17) is 10.00 Å². The van der Waals surface area contributed by atoms with Crippen LogP contribution in [0.15, 0.2) is 10.7 Å². The quantitative estimate of drug-likeness (QED) is 0.782. The van der Waals surface area contributed by atoms with E-state index in [0.29, 0.717) is 18.8 Å². The number of nitriles is 1. The van der Waals surface area contributed by atoms with Crippen LogP contribution >= 0.6 is 15.9 Å². The zero-order valence-electron chi connectivity index (χ0n) is 6.62. The minimum Gasteiger partial charge on any atom is -0.383 e. The molecule has 0 unspecified atom stereocenters. The number of ether oxygens (including phenoxy) is 1. The molecule has 0 amide bonds. The lowest BCUT2D eigenvalue weighted by Gasteiger charge is -1.97. The first-order valence-corrected chi connectivity index (χ1v) is 4.19. The van der Waals surface area contributed by atoms with E-state index in [0.717, 1.165) is 4.47 Å². The van der Waals surface area contributed by atoms with Crippen LogP contribution in [0.2, 0.25) is 0 Å². The number of aromatic nitrogens is 2. The first-order valence-electron chi connectivity index (χ1n) is 3.40. The van der Waals surface area contributed by atoms with Crippen molar-refractivity contribution in [2.45, 2.75) is 6.54 Å². The third-order valence-electron chi connectivity index (χ3n) is 1.35. The van der Waals surface area contributed by atoms with Crippen LogP contribution in [0.5, 0.6) is 0 Å². The van der Waals surface area contributed by atoms with Crippen LogP contribution in [0.3, 0.4) is 0 Å². The van der Waals surface area contributed by atoms with E-state index >= 15 is 0 Å². The van der Waals surface area contributed by atoms with E-state index in [9.17, 15) is 0 Å². The number of halogens is 1. The van der Waals surface area contributed by atoms with Gasteiger partial charge in [0.1, 0.15) is 6.07 Å². The fourth-order valence-electron chi connectivity index (χ4n) is 0.772. The Bertz CT molecular complexity index is 302. The molecule has 0 atom stereocenters. The van der Waals surface area contributed by atoms with E-state index in [2.05, 4.69) is 21.0 Å². The highest BCUT2D eigenvalue weighted by atomic mass is 79.9. The van der Waals surface area contributed by atoms with Gasteiger partial charge in [0, 0.05) is 13.3 Å². The Morgan fingerprint density at radius 2 is 2.58 bits per heavy atom. The lowest BCUT2D eigenvalue weighted by Crippen LogP contribution is -2.04. The molecule has 64 valence electrons. The van der Waals surface area contributed by atoms with Gasteiger partial charge in [-0.2, -0.15) is 10.4 Å². The summed E-state index contributed by atoms with van der Waals surface area (Å²) >= 11 is 3.22. The summed E-state index contributed by atoms with van der Waals surface area (Å²) < 4.78 is 7.27. The molecular formula is C7H8BrN3O. The normalized spacial score (nSPS) is 9.75. The van der Waals surface area contributed by atoms with Crippen molar-refractivity contribution in [1.29, 1.82) is 5.26 Å². The van der Waals surface area contributed by atoms with E-state index in [-0.39, 0.29) is 0 Å². The van der Waals surface area contributed by atoms with E-state index in [1.54, 1.807) is 18.0 Å². The molecular weight excluding hydrogens is 222 g/mol. The highest BCUT2D eigenvalue weighted by Gasteiger charge is 2.03. The monoisotopic (exact) mass is 229 g/mol. The molecule has 0 spiro atoms. The van der Waals surface area contributed by atoms with Crippen LogP contribution in [0.4, 0.5) is 0 Å². The Hall–Kier alpha value is -0.860. The summed E-state index contributed by atoms with van der Waals surface area (Å²) in [6.45, 7) is 1.26. The minimum atomic E-state index is 0.408. The van der Waals surface area contributed by atoms with Gasteiger partial charge in [-0.05, 0) is 15.9 Å². The van der Waals surface area contributed by atoms with E-state index < -0.39 is 0 Å². The molecule has 1 aromatic rings. The van der Waals surface area contributed by atoms with Gasteiger partial charge >= 0.3 is 0 Å². The highest BCUT2D eigenvalue weighted by molar-refractivity contribution is 9.10. The molecule has 1 aromatic heterocycles. The second-order valence-electron chi connectivity index (χ2n) is 2.19. The van der Waals surface area contributed by atoms with Gasteiger partial charge in [0.2, 0.25) is 0 Å². The molecule has 0 N–H and O–H groups in total. The van der Waals surface area contributed by atoms with Crippen molar-refractivity contribution in [1.82, 2.24) is 9.78 Å². The molecule has 4 nitrogen and oxygen atoms in total. The van der Waals surface area contributed by atoms with Gasteiger partial charge in [0.05, 0.1) is 17.6 Å². The molecule has 0 saturated carbocycles. The lowest BCUT2D eigenvalue weighted by atomic mass is 10.5. The van der Waals surface area contributed by atoms with Crippen LogP contribution in [0.25, 0.3) is 0 Å². The van der Waals surface area contributed by atoms with E-state index in [1.807, 2.05) is 6.07 Å². The Labute approximate surface area is 78.9 Å². The molecule has 0 radical (unpaired) electrons. The van der Waals surface area contributed by atoms with Gasteiger partial charge in [0.25, 0.3) is 0 Å². The molecule has 0 aliphatic heterocycles. The number of methoxy groups -OCH3 is 1. The van der Waals surface area contributed by atoms with Gasteiger partial charge in [-0.1, -0.05) is 0 Å². The maximum absolute atomic E-state index is 8.57. The van der Waals surface area contributed by atoms with Crippen LogP contribution in [-0.2, 0) is 11.3 Å². The van der Waals surface area contributed by atoms with Gasteiger partial charge < -0.3 is 4.74 Å². The number of rotatable bonds is 3. The van der Waals surface area contributed by atoms with Crippen molar-refractivity contribution >= 4 is 15.9 Å². The third-order valence-corrected chi connectivity index (χ3v) is 1.93. The summed E-state index contributed by atoms with van der Waals surface area (Å²) in [4.78, 5) is 0. The van der Waals surface area contributed by atoms with Gasteiger partial charge in [-0.25, -0.2) is 0 Å². The number of hydrogen-bond donors (Lipinski definition) is 0. The van der Waals surface area contributed by atoms with Crippen molar-refractivity contribution < 1.29 is 4.74 Å². The average molecular weight is 230 g/mol. The predicted octanol–water partition coefficient (Wildman–Crippen LogP) is 1.16. The summed E-state index contributed by atoms with van der Waals surface area (Å²) in [6.07, 6.45) is 1.76. The summed E-state index contributed by atoms with van der Waals surface area (Å²) in [5.41, 5.74) is 0.408. The molecule has 12 heavy (non-hydrogen) atoms. The Morgan fingerprint density at radius 3 is 3.08 bits per heavy atom. The molecule has 0 fully saturated rings. The van der Waals surface area contributed by atoms with Crippen molar-refractivity contribution in [2.75, 3.05) is 13.7 Å². The molecule has 5 heteroatoms. The topological polar surface area (TPSA) is 50.8 Å². The van der Waals surface area contributed by atoms with Crippen LogP contribution in [0.1, 0.15) is 5.69 Å². The maximum Gasteiger partial charge on any atom is 0.176 e. The van der Waals surface area contributed by atoms with Gasteiger partial charge in [0.15, 0.2) is 5.69 Å². The fourth-order valence-corrected chi connectivity index (χ4v) is 1.18. The summed E-state index contributed by atoms with van der Waals surface area (Å²) in [5, 5.41) is 12.6. The largest absolute Gasteiger partial charge is 0.383 e. The second kappa shape index (κ2) is 4.24. The Balaban J connectivity index is 2.70. The van der Waals surface area contributed by atoms with Crippen LogP contribution in [-0.4, -0.2) is 23.5 Å². The van der Waals surface area contributed by atoms with Crippen molar-refractivity contribution in [3.63, 3.8) is 0 Å². The van der Waals surface area contributed by atoms with Crippen LogP contribution < -0.4 is 0 Å². The number of nitrogens with zero attached hydrogens (tertiary/aromatic N) is 3. The highest BCUT2D eigenvalue weighted by Crippen LogP contribution is 2.12. The Morgan fingerprint density at radius 1 is 1.83 bits per heavy atom. The fraction of sp³-hybridized carbons (Fsp3) is 0.429. The van der Waals surface area contributed by atoms with Gasteiger partial charge in [-0.15, -0.1) is 0 Å². The molecule has 0 aliphatic rings. The van der Waals surface area contributed by atoms with Gasteiger partial charge in [-0.3, -0.25) is 4.68 Å². The SMILES string of the molecule is COCCn1cc(Br)c(C#N)n1. The summed E-state index contributed by atoms with van der Waals surface area (Å²) in [6, 6.07) is 1.97. The number of hydrogen-bond acceptors (Lipinski definition) is 3. The first-order chi connectivity index (χ1) is 5.77. The molecule has 0 saturated heterocycles. The van der Waals surface area contributed by atoms with Crippen LogP contribution in [0, 0.1) is 11.3 Å². The second-order valence-corrected chi connectivity index (χ2v) is 3.05. The zero-order chi connectivity index (χ0) is 8.97. The Kier molecular flexibility index (Phi) is 3.26. The standard InChI is InChI=1S/C7H8BrN3O/c1-12-3-2-11-5-6(8)7(4-9)10-11/h5H,2-3H2,1H3. The third kappa shape index (κ3) is 2.06. The lowest BCUT2D eigenvalue weighted by molar-refractivity contribution is 0.183. The average Bonchev–Trinajstić information content (AvgIpc) is 2.43. The summed E-state index contributed by atoms with van der Waals surface area (Å²) in [5.74, 6) is 0. The molecule has 0 aliphatic carbocycles. The molecule has 1 heterocycles. The molecule has 0 bridgehead atoms. The first kappa shape index (κ1) is 9.23. The summed E-state index contributed by atoms with van der Waals surface area (Å²) in [7, 11) is 1.63. The molecule has 0 aromatic carbocycles. The maximum atomic E-state index is 8.57.